The lowest BCUT2D eigenvalue weighted by Crippen LogP contribution is -1.89. The first kappa shape index (κ1) is 22.4. The van der Waals surface area contributed by atoms with Gasteiger partial charge in [0, 0.05) is 10.8 Å². The van der Waals surface area contributed by atoms with E-state index in [0.717, 1.165) is 16.6 Å². The summed E-state index contributed by atoms with van der Waals surface area (Å²) in [6, 6.07) is 52.7. The molecule has 190 valence electrons. The SMILES string of the molecule is c1ccc(-c2ccc3c(-c4cccc5oc6cc7ccccc7cc6c45)c4ccc5ccccc5c4cc3c2)cc1. The first-order chi connectivity index (χ1) is 20.3. The summed E-state index contributed by atoms with van der Waals surface area (Å²) in [5.74, 6) is 0. The predicted molar refractivity (Wildman–Crippen MR) is 175 cm³/mol. The standard InChI is InChI=1S/C40H24O/c1-2-9-25(10-3-1)29-18-19-32-30(21-29)23-35-31-14-7-6-11-26(31)17-20-33(35)39(32)34-15-8-16-37-40(34)36-22-27-12-4-5-13-28(27)24-38(36)41-37/h1-24H. The molecule has 0 aliphatic rings. The number of furan rings is 1. The van der Waals surface area contributed by atoms with Crippen molar-refractivity contribution in [3.05, 3.63) is 146 Å². The van der Waals surface area contributed by atoms with Gasteiger partial charge in [-0.3, -0.25) is 0 Å². The topological polar surface area (TPSA) is 13.1 Å². The van der Waals surface area contributed by atoms with Crippen molar-refractivity contribution in [1.29, 1.82) is 0 Å². The minimum Gasteiger partial charge on any atom is -0.456 e. The molecule has 1 aromatic heterocycles. The Hall–Kier alpha value is -5.40. The fourth-order valence-corrected chi connectivity index (χ4v) is 6.70. The third kappa shape index (κ3) is 3.36. The normalized spacial score (nSPS) is 11.9. The number of hydrogen-bond acceptors (Lipinski definition) is 1. The summed E-state index contributed by atoms with van der Waals surface area (Å²) < 4.78 is 6.49. The molecule has 0 unspecified atom stereocenters. The average Bonchev–Trinajstić information content (AvgIpc) is 3.40. The summed E-state index contributed by atoms with van der Waals surface area (Å²) in [5.41, 5.74) is 6.75. The number of hydrogen-bond donors (Lipinski definition) is 0. The molecule has 0 N–H and O–H groups in total. The molecule has 8 aromatic carbocycles. The molecule has 41 heavy (non-hydrogen) atoms. The van der Waals surface area contributed by atoms with Crippen LogP contribution in [-0.4, -0.2) is 0 Å². The van der Waals surface area contributed by atoms with Gasteiger partial charge in [0.1, 0.15) is 11.2 Å². The molecule has 0 saturated heterocycles. The summed E-state index contributed by atoms with van der Waals surface area (Å²) >= 11 is 0. The van der Waals surface area contributed by atoms with Crippen molar-refractivity contribution in [1.82, 2.24) is 0 Å². The van der Waals surface area contributed by atoms with E-state index in [2.05, 4.69) is 146 Å². The Morgan fingerprint density at radius 1 is 0.341 bits per heavy atom. The van der Waals surface area contributed by atoms with Crippen molar-refractivity contribution in [2.24, 2.45) is 0 Å². The van der Waals surface area contributed by atoms with Gasteiger partial charge in [0.05, 0.1) is 0 Å². The van der Waals surface area contributed by atoms with Gasteiger partial charge >= 0.3 is 0 Å². The van der Waals surface area contributed by atoms with Crippen LogP contribution >= 0.6 is 0 Å². The largest absolute Gasteiger partial charge is 0.456 e. The van der Waals surface area contributed by atoms with Gasteiger partial charge in [0.25, 0.3) is 0 Å². The first-order valence-corrected chi connectivity index (χ1v) is 14.1. The van der Waals surface area contributed by atoms with Crippen molar-refractivity contribution < 1.29 is 4.42 Å². The highest BCUT2D eigenvalue weighted by Crippen LogP contribution is 2.45. The quantitative estimate of drug-likeness (QED) is 0.163. The number of fused-ring (bicyclic) bond motifs is 8. The lowest BCUT2D eigenvalue weighted by molar-refractivity contribution is 0.669. The number of rotatable bonds is 2. The van der Waals surface area contributed by atoms with Crippen molar-refractivity contribution in [2.45, 2.75) is 0 Å². The van der Waals surface area contributed by atoms with E-state index >= 15 is 0 Å². The van der Waals surface area contributed by atoms with E-state index in [4.69, 9.17) is 4.42 Å². The number of benzene rings is 8. The molecule has 1 nitrogen and oxygen atoms in total. The molecule has 0 radical (unpaired) electrons. The lowest BCUT2D eigenvalue weighted by atomic mass is 9.87. The average molecular weight is 521 g/mol. The molecule has 0 fully saturated rings. The van der Waals surface area contributed by atoms with E-state index in [1.807, 2.05) is 0 Å². The van der Waals surface area contributed by atoms with E-state index in [-0.39, 0.29) is 0 Å². The molecule has 0 saturated carbocycles. The molecule has 1 heteroatoms. The van der Waals surface area contributed by atoms with Gasteiger partial charge < -0.3 is 4.42 Å². The fraction of sp³-hybridized carbons (Fsp3) is 0. The van der Waals surface area contributed by atoms with Crippen LogP contribution in [0, 0.1) is 0 Å². The minimum atomic E-state index is 0.916. The second kappa shape index (κ2) is 8.55. The Balaban J connectivity index is 1.45. The maximum atomic E-state index is 6.49. The molecule has 0 amide bonds. The van der Waals surface area contributed by atoms with Gasteiger partial charge in [-0.25, -0.2) is 0 Å². The third-order valence-corrected chi connectivity index (χ3v) is 8.60. The van der Waals surface area contributed by atoms with Crippen LogP contribution in [0.1, 0.15) is 0 Å². The van der Waals surface area contributed by atoms with Crippen LogP contribution in [0.15, 0.2) is 150 Å². The van der Waals surface area contributed by atoms with E-state index in [1.165, 1.54) is 70.7 Å². The Bertz CT molecular complexity index is 2460. The second-order valence-electron chi connectivity index (χ2n) is 10.9. The van der Waals surface area contributed by atoms with Gasteiger partial charge in [-0.15, -0.1) is 0 Å². The second-order valence-corrected chi connectivity index (χ2v) is 10.9. The molecule has 0 aliphatic heterocycles. The van der Waals surface area contributed by atoms with Crippen molar-refractivity contribution in [3.8, 4) is 22.3 Å². The highest BCUT2D eigenvalue weighted by molar-refractivity contribution is 6.25. The zero-order valence-corrected chi connectivity index (χ0v) is 22.3. The van der Waals surface area contributed by atoms with Gasteiger partial charge in [-0.1, -0.05) is 115 Å². The molecule has 9 aromatic rings. The highest BCUT2D eigenvalue weighted by Gasteiger charge is 2.18. The molecule has 0 bridgehead atoms. The van der Waals surface area contributed by atoms with Gasteiger partial charge in [0.2, 0.25) is 0 Å². The first-order valence-electron chi connectivity index (χ1n) is 14.1. The van der Waals surface area contributed by atoms with Crippen LogP contribution in [0.4, 0.5) is 0 Å². The van der Waals surface area contributed by atoms with E-state index in [0.29, 0.717) is 0 Å². The predicted octanol–water partition coefficient (Wildman–Crippen LogP) is 11.5. The van der Waals surface area contributed by atoms with Crippen LogP contribution in [-0.2, 0) is 0 Å². The van der Waals surface area contributed by atoms with Crippen molar-refractivity contribution >= 4 is 65.0 Å². The summed E-state index contributed by atoms with van der Waals surface area (Å²) in [7, 11) is 0. The molecular weight excluding hydrogens is 496 g/mol. The van der Waals surface area contributed by atoms with Crippen LogP contribution in [0.5, 0.6) is 0 Å². The Kier molecular flexibility index (Phi) is 4.67. The molecule has 0 atom stereocenters. The molecule has 0 spiro atoms. The maximum Gasteiger partial charge on any atom is 0.136 e. The van der Waals surface area contributed by atoms with Crippen LogP contribution < -0.4 is 0 Å². The van der Waals surface area contributed by atoms with Gasteiger partial charge in [-0.05, 0) is 95.7 Å². The third-order valence-electron chi connectivity index (χ3n) is 8.60. The van der Waals surface area contributed by atoms with Crippen LogP contribution in [0.2, 0.25) is 0 Å². The highest BCUT2D eigenvalue weighted by atomic mass is 16.3. The van der Waals surface area contributed by atoms with Crippen molar-refractivity contribution in [3.63, 3.8) is 0 Å². The van der Waals surface area contributed by atoms with Gasteiger partial charge in [-0.2, -0.15) is 0 Å². The van der Waals surface area contributed by atoms with E-state index in [9.17, 15) is 0 Å². The Morgan fingerprint density at radius 2 is 1.07 bits per heavy atom. The summed E-state index contributed by atoms with van der Waals surface area (Å²) in [5, 5.41) is 12.3. The Labute approximate surface area is 236 Å². The zero-order chi connectivity index (χ0) is 26.9. The summed E-state index contributed by atoms with van der Waals surface area (Å²) in [6.07, 6.45) is 0. The van der Waals surface area contributed by atoms with Crippen molar-refractivity contribution in [2.75, 3.05) is 0 Å². The monoisotopic (exact) mass is 520 g/mol. The molecular formula is C40H24O. The lowest BCUT2D eigenvalue weighted by Gasteiger charge is -2.16. The van der Waals surface area contributed by atoms with E-state index < -0.39 is 0 Å². The van der Waals surface area contributed by atoms with E-state index in [1.54, 1.807) is 0 Å². The smallest absolute Gasteiger partial charge is 0.136 e. The molecule has 9 rings (SSSR count). The maximum absolute atomic E-state index is 6.49. The van der Waals surface area contributed by atoms with Crippen LogP contribution in [0.3, 0.4) is 0 Å². The fourth-order valence-electron chi connectivity index (χ4n) is 6.70. The summed E-state index contributed by atoms with van der Waals surface area (Å²) in [4.78, 5) is 0. The van der Waals surface area contributed by atoms with Crippen LogP contribution in [0.25, 0.3) is 87.3 Å². The molecule has 1 heterocycles. The summed E-state index contributed by atoms with van der Waals surface area (Å²) in [6.45, 7) is 0. The zero-order valence-electron chi connectivity index (χ0n) is 22.3. The van der Waals surface area contributed by atoms with Gasteiger partial charge in [0.15, 0.2) is 0 Å². The Morgan fingerprint density at radius 3 is 1.95 bits per heavy atom. The molecule has 0 aliphatic carbocycles. The minimum absolute atomic E-state index is 0.916.